The molecule has 0 amide bonds. The maximum atomic E-state index is 12.7. The molecule has 1 fully saturated rings. The Kier molecular flexibility index (Phi) is 6.33. The van der Waals surface area contributed by atoms with Crippen LogP contribution < -0.4 is 4.74 Å². The van der Waals surface area contributed by atoms with E-state index >= 15 is 0 Å². The average molecular weight is 450 g/mol. The molecular formula is C23H19ClF3NO3. The van der Waals surface area contributed by atoms with E-state index in [4.69, 9.17) is 21.1 Å². The summed E-state index contributed by atoms with van der Waals surface area (Å²) in [7, 11) is 0. The van der Waals surface area contributed by atoms with Crippen LogP contribution in [0.25, 0.3) is 0 Å². The standard InChI is InChI=1S/C23H19ClF3NO3/c1-22(2)17(12-19(24)23(25,26)27)20(22)21(29)31-18(13-28)14-7-6-10-16(11-14)30-15-8-4-3-5-9-15/h3-12,17-18,20H,1-2H3/t17?,18?,20-/m1/s1. The molecule has 2 aromatic rings. The van der Waals surface area contributed by atoms with Gasteiger partial charge in [-0.25, -0.2) is 0 Å². The van der Waals surface area contributed by atoms with E-state index in [1.54, 1.807) is 50.2 Å². The first-order valence-corrected chi connectivity index (χ1v) is 9.79. The Labute approximate surface area is 182 Å². The van der Waals surface area contributed by atoms with Crippen LogP contribution >= 0.6 is 11.6 Å². The second-order valence-corrected chi connectivity index (χ2v) is 8.18. The van der Waals surface area contributed by atoms with Crippen molar-refractivity contribution in [1.29, 1.82) is 5.26 Å². The number of carbonyl (C=O) groups excluding carboxylic acids is 1. The third-order valence-corrected chi connectivity index (χ3v) is 5.59. The number of nitriles is 1. The maximum Gasteiger partial charge on any atom is 0.426 e. The molecule has 3 atom stereocenters. The summed E-state index contributed by atoms with van der Waals surface area (Å²) in [5.74, 6) is -1.27. The van der Waals surface area contributed by atoms with Gasteiger partial charge in [-0.15, -0.1) is 0 Å². The van der Waals surface area contributed by atoms with Crippen molar-refractivity contribution in [3.63, 3.8) is 0 Å². The van der Waals surface area contributed by atoms with Crippen molar-refractivity contribution in [2.24, 2.45) is 17.3 Å². The molecule has 4 nitrogen and oxygen atoms in total. The van der Waals surface area contributed by atoms with Crippen LogP contribution in [0.3, 0.4) is 0 Å². The normalized spacial score (nSPS) is 21.0. The molecule has 31 heavy (non-hydrogen) atoms. The zero-order chi connectivity index (χ0) is 22.8. The van der Waals surface area contributed by atoms with E-state index in [-0.39, 0.29) is 0 Å². The van der Waals surface area contributed by atoms with Gasteiger partial charge in [-0.05, 0) is 35.6 Å². The van der Waals surface area contributed by atoms with Crippen LogP contribution in [0.1, 0.15) is 25.5 Å². The molecule has 0 heterocycles. The molecule has 0 spiro atoms. The molecule has 2 unspecified atom stereocenters. The summed E-state index contributed by atoms with van der Waals surface area (Å²) in [6, 6.07) is 17.4. The van der Waals surface area contributed by atoms with E-state index in [1.807, 2.05) is 24.3 Å². The van der Waals surface area contributed by atoms with Crippen LogP contribution in [-0.4, -0.2) is 12.1 Å². The Morgan fingerprint density at radius 1 is 1.16 bits per heavy atom. The highest BCUT2D eigenvalue weighted by Crippen LogP contribution is 2.60. The minimum absolute atomic E-state index is 0.392. The Bertz CT molecular complexity index is 1030. The lowest BCUT2D eigenvalue weighted by Gasteiger charge is -2.13. The molecule has 0 aromatic heterocycles. The second kappa shape index (κ2) is 8.64. The lowest BCUT2D eigenvalue weighted by molar-refractivity contribution is -0.149. The van der Waals surface area contributed by atoms with Crippen LogP contribution in [0, 0.1) is 28.6 Å². The molecule has 3 rings (SSSR count). The Balaban J connectivity index is 1.72. The fourth-order valence-corrected chi connectivity index (χ4v) is 3.55. The van der Waals surface area contributed by atoms with Crippen molar-refractivity contribution in [3.05, 3.63) is 71.3 Å². The summed E-state index contributed by atoms with van der Waals surface area (Å²) in [5, 5.41) is 8.23. The predicted molar refractivity (Wildman–Crippen MR) is 108 cm³/mol. The molecule has 162 valence electrons. The molecule has 1 aliphatic rings. The lowest BCUT2D eigenvalue weighted by Crippen LogP contribution is -2.14. The molecule has 1 aliphatic carbocycles. The van der Waals surface area contributed by atoms with E-state index in [0.29, 0.717) is 17.1 Å². The van der Waals surface area contributed by atoms with Crippen LogP contribution in [0.5, 0.6) is 11.5 Å². The van der Waals surface area contributed by atoms with E-state index < -0.39 is 40.5 Å². The van der Waals surface area contributed by atoms with Gasteiger partial charge in [-0.2, -0.15) is 18.4 Å². The maximum absolute atomic E-state index is 12.7. The number of nitrogens with zero attached hydrogens (tertiary/aromatic N) is 1. The number of ether oxygens (including phenoxy) is 2. The monoisotopic (exact) mass is 449 g/mol. The Morgan fingerprint density at radius 2 is 1.81 bits per heavy atom. The highest BCUT2D eigenvalue weighted by molar-refractivity contribution is 6.30. The largest absolute Gasteiger partial charge is 0.457 e. The van der Waals surface area contributed by atoms with Crippen LogP contribution in [0.4, 0.5) is 13.2 Å². The van der Waals surface area contributed by atoms with Crippen molar-refractivity contribution >= 4 is 17.6 Å². The van der Waals surface area contributed by atoms with Crippen LogP contribution in [-0.2, 0) is 9.53 Å². The fraction of sp³-hybridized carbons (Fsp3) is 0.304. The van der Waals surface area contributed by atoms with Gasteiger partial charge in [-0.3, -0.25) is 4.79 Å². The summed E-state index contributed by atoms with van der Waals surface area (Å²) in [6.45, 7) is 3.30. The molecule has 0 saturated heterocycles. The summed E-state index contributed by atoms with van der Waals surface area (Å²) < 4.78 is 49.2. The number of hydrogen-bond acceptors (Lipinski definition) is 4. The second-order valence-electron chi connectivity index (χ2n) is 7.77. The average Bonchev–Trinajstić information content (AvgIpc) is 3.26. The Morgan fingerprint density at radius 3 is 2.42 bits per heavy atom. The molecule has 0 radical (unpaired) electrons. The molecule has 1 saturated carbocycles. The van der Waals surface area contributed by atoms with Gasteiger partial charge in [0.2, 0.25) is 6.10 Å². The number of benzene rings is 2. The third-order valence-electron chi connectivity index (χ3n) is 5.25. The van der Waals surface area contributed by atoms with E-state index in [9.17, 15) is 23.2 Å². The van der Waals surface area contributed by atoms with Crippen LogP contribution in [0.15, 0.2) is 65.7 Å². The van der Waals surface area contributed by atoms with Crippen molar-refractivity contribution in [2.75, 3.05) is 0 Å². The molecule has 8 heteroatoms. The zero-order valence-electron chi connectivity index (χ0n) is 16.7. The smallest absolute Gasteiger partial charge is 0.426 e. The van der Waals surface area contributed by atoms with Gasteiger partial charge in [0.1, 0.15) is 22.6 Å². The number of esters is 1. The quantitative estimate of drug-likeness (QED) is 0.469. The molecular weight excluding hydrogens is 431 g/mol. The Hall–Kier alpha value is -2.98. The summed E-state index contributed by atoms with van der Waals surface area (Å²) in [5.41, 5.74) is -0.371. The zero-order valence-corrected chi connectivity index (χ0v) is 17.4. The van der Waals surface area contributed by atoms with Gasteiger partial charge in [0.15, 0.2) is 0 Å². The SMILES string of the molecule is CC1(C)C(C=C(Cl)C(F)(F)F)[C@@H]1C(=O)OC(C#N)c1cccc(Oc2ccccc2)c1. The van der Waals surface area contributed by atoms with E-state index in [2.05, 4.69) is 0 Å². The summed E-state index contributed by atoms with van der Waals surface area (Å²) in [6.07, 6.45) is -5.07. The van der Waals surface area contributed by atoms with Gasteiger partial charge < -0.3 is 9.47 Å². The number of rotatable bonds is 6. The van der Waals surface area contributed by atoms with Gasteiger partial charge in [0.25, 0.3) is 0 Å². The van der Waals surface area contributed by atoms with Crippen LogP contribution in [0.2, 0.25) is 0 Å². The van der Waals surface area contributed by atoms with E-state index in [1.165, 1.54) is 0 Å². The fourth-order valence-electron chi connectivity index (χ4n) is 3.42. The molecule has 0 aliphatic heterocycles. The number of allylic oxidation sites excluding steroid dienone is 2. The number of alkyl halides is 3. The first-order valence-electron chi connectivity index (χ1n) is 9.41. The number of carbonyl (C=O) groups is 1. The van der Waals surface area contributed by atoms with Gasteiger partial charge in [0.05, 0.1) is 5.92 Å². The van der Waals surface area contributed by atoms with Gasteiger partial charge in [-0.1, -0.05) is 61.9 Å². The first-order chi connectivity index (χ1) is 14.5. The molecule has 0 bridgehead atoms. The third kappa shape index (κ3) is 5.20. The van der Waals surface area contributed by atoms with Crippen molar-refractivity contribution < 1.29 is 27.4 Å². The predicted octanol–water partition coefficient (Wildman–Crippen LogP) is 6.54. The van der Waals surface area contributed by atoms with Crippen molar-refractivity contribution in [3.8, 4) is 17.6 Å². The lowest BCUT2D eigenvalue weighted by atomic mass is 10.1. The van der Waals surface area contributed by atoms with E-state index in [0.717, 1.165) is 6.08 Å². The minimum Gasteiger partial charge on any atom is -0.457 e. The molecule has 2 aromatic carbocycles. The topological polar surface area (TPSA) is 59.3 Å². The van der Waals surface area contributed by atoms with Gasteiger partial charge >= 0.3 is 12.1 Å². The minimum atomic E-state index is -4.68. The molecule has 0 N–H and O–H groups in total. The summed E-state index contributed by atoms with van der Waals surface area (Å²) >= 11 is 5.32. The highest BCUT2D eigenvalue weighted by Gasteiger charge is 2.62. The number of halogens is 4. The highest BCUT2D eigenvalue weighted by atomic mass is 35.5. The summed E-state index contributed by atoms with van der Waals surface area (Å²) in [4.78, 5) is 12.6. The van der Waals surface area contributed by atoms with Crippen molar-refractivity contribution in [2.45, 2.75) is 26.1 Å². The number of hydrogen-bond donors (Lipinski definition) is 0. The van der Waals surface area contributed by atoms with Crippen molar-refractivity contribution in [1.82, 2.24) is 0 Å². The van der Waals surface area contributed by atoms with Gasteiger partial charge in [0, 0.05) is 5.56 Å². The number of para-hydroxylation sites is 1. The first kappa shape index (κ1) is 22.7.